The molecule has 0 bridgehead atoms. The number of benzene rings is 3. The van der Waals surface area contributed by atoms with Crippen LogP contribution in [0.4, 0.5) is 0 Å². The molecule has 28 heavy (non-hydrogen) atoms. The summed E-state index contributed by atoms with van der Waals surface area (Å²) in [5.41, 5.74) is 5.55. The summed E-state index contributed by atoms with van der Waals surface area (Å²) < 4.78 is 0. The summed E-state index contributed by atoms with van der Waals surface area (Å²) in [5, 5.41) is 3.87. The second-order valence-electron chi connectivity index (χ2n) is 8.00. The lowest BCUT2D eigenvalue weighted by atomic mass is 9.85. The van der Waals surface area contributed by atoms with E-state index in [9.17, 15) is 0 Å². The molecule has 1 N–H and O–H groups in total. The van der Waals surface area contributed by atoms with Crippen molar-refractivity contribution in [3.8, 4) is 0 Å². The van der Waals surface area contributed by atoms with Crippen LogP contribution in [0.25, 0.3) is 0 Å². The molecule has 3 aromatic rings. The fourth-order valence-electron chi connectivity index (χ4n) is 4.36. The van der Waals surface area contributed by atoms with Gasteiger partial charge in [-0.1, -0.05) is 90.5 Å². The third-order valence-electron chi connectivity index (χ3n) is 5.82. The number of nitrogens with one attached hydrogen (secondary N) is 1. The summed E-state index contributed by atoms with van der Waals surface area (Å²) >= 11 is 0. The molecule has 0 aromatic heterocycles. The van der Waals surface area contributed by atoms with Crippen LogP contribution in [0.3, 0.4) is 0 Å². The Bertz CT molecular complexity index is 860. The van der Waals surface area contributed by atoms with E-state index in [0.29, 0.717) is 12.0 Å². The summed E-state index contributed by atoms with van der Waals surface area (Å²) in [6.45, 7) is 6.38. The lowest BCUT2D eigenvalue weighted by molar-refractivity contribution is 0.166. The Hall–Kier alpha value is -2.42. The molecule has 0 spiro atoms. The Morgan fingerprint density at radius 1 is 0.857 bits per heavy atom. The number of hydrogen-bond donors (Lipinski definition) is 1. The molecule has 2 heteroatoms. The first-order valence-corrected chi connectivity index (χ1v) is 10.4. The maximum atomic E-state index is 3.87. The first-order chi connectivity index (χ1) is 13.8. The van der Waals surface area contributed by atoms with Gasteiger partial charge in [0.2, 0.25) is 0 Å². The quantitative estimate of drug-likeness (QED) is 0.646. The van der Waals surface area contributed by atoms with Gasteiger partial charge in [0.05, 0.1) is 0 Å². The Balaban J connectivity index is 1.46. The molecule has 3 aromatic carbocycles. The predicted molar refractivity (Wildman–Crippen MR) is 117 cm³/mol. The minimum atomic E-state index is 0.509. The number of rotatable bonds is 6. The normalized spacial score (nSPS) is 20.2. The molecule has 0 aliphatic carbocycles. The van der Waals surface area contributed by atoms with Crippen LogP contribution in [0.2, 0.25) is 0 Å². The molecule has 1 heterocycles. The molecule has 1 saturated heterocycles. The average molecular weight is 371 g/mol. The average Bonchev–Trinajstić information content (AvgIpc) is 2.74. The third-order valence-corrected chi connectivity index (χ3v) is 5.82. The van der Waals surface area contributed by atoms with E-state index in [1.807, 2.05) is 0 Å². The summed E-state index contributed by atoms with van der Waals surface area (Å²) in [6, 6.07) is 31.2. The third kappa shape index (κ3) is 4.89. The number of hydrogen-bond acceptors (Lipinski definition) is 2. The molecule has 1 fully saturated rings. The van der Waals surface area contributed by atoms with Crippen LogP contribution in [0.15, 0.2) is 84.9 Å². The minimum absolute atomic E-state index is 0.509. The maximum Gasteiger partial charge on any atom is 0.0234 e. The van der Waals surface area contributed by atoms with Gasteiger partial charge in [-0.15, -0.1) is 0 Å². The van der Waals surface area contributed by atoms with Crippen molar-refractivity contribution in [2.45, 2.75) is 38.4 Å². The fraction of sp³-hybridized carbons (Fsp3) is 0.308. The zero-order chi connectivity index (χ0) is 19.2. The molecule has 2 unspecified atom stereocenters. The van der Waals surface area contributed by atoms with Gasteiger partial charge in [-0.25, -0.2) is 0 Å². The van der Waals surface area contributed by atoms with Gasteiger partial charge in [-0.05, 0) is 30.0 Å². The van der Waals surface area contributed by atoms with E-state index in [1.54, 1.807) is 0 Å². The Labute approximate surface area is 169 Å². The molecule has 144 valence electrons. The first-order valence-electron chi connectivity index (χ1n) is 10.4. The highest BCUT2D eigenvalue weighted by Crippen LogP contribution is 2.28. The van der Waals surface area contributed by atoms with Gasteiger partial charge in [-0.2, -0.15) is 0 Å². The van der Waals surface area contributed by atoms with Crippen LogP contribution in [-0.2, 0) is 13.1 Å². The van der Waals surface area contributed by atoms with E-state index in [2.05, 4.69) is 102 Å². The number of likely N-dealkylation sites (tertiary alicyclic amines) is 1. The van der Waals surface area contributed by atoms with Gasteiger partial charge in [0, 0.05) is 38.1 Å². The largest absolute Gasteiger partial charge is 0.309 e. The van der Waals surface area contributed by atoms with Crippen LogP contribution in [0, 0.1) is 6.92 Å². The highest BCUT2D eigenvalue weighted by Gasteiger charge is 2.30. The fourth-order valence-corrected chi connectivity index (χ4v) is 4.36. The molecular formula is C26H30N2. The second-order valence-corrected chi connectivity index (χ2v) is 8.00. The second kappa shape index (κ2) is 9.18. The molecule has 4 rings (SSSR count). The van der Waals surface area contributed by atoms with Crippen LogP contribution >= 0.6 is 0 Å². The van der Waals surface area contributed by atoms with E-state index < -0.39 is 0 Å². The first kappa shape index (κ1) is 18.9. The van der Waals surface area contributed by atoms with Crippen LogP contribution in [0.5, 0.6) is 0 Å². The minimum Gasteiger partial charge on any atom is -0.309 e. The Morgan fingerprint density at radius 3 is 2.32 bits per heavy atom. The molecule has 0 saturated carbocycles. The lowest BCUT2D eigenvalue weighted by Gasteiger charge is -2.39. The van der Waals surface area contributed by atoms with Crippen molar-refractivity contribution in [3.63, 3.8) is 0 Å². The van der Waals surface area contributed by atoms with Gasteiger partial charge in [0.15, 0.2) is 0 Å². The van der Waals surface area contributed by atoms with E-state index in [4.69, 9.17) is 0 Å². The van der Waals surface area contributed by atoms with Crippen molar-refractivity contribution in [3.05, 3.63) is 107 Å². The number of piperidine rings is 1. The van der Waals surface area contributed by atoms with Crippen LogP contribution < -0.4 is 5.32 Å². The Morgan fingerprint density at radius 2 is 1.57 bits per heavy atom. The molecule has 2 nitrogen and oxygen atoms in total. The van der Waals surface area contributed by atoms with Gasteiger partial charge in [0.25, 0.3) is 0 Å². The SMILES string of the molecule is Cc1cccc(CNC2CCN(Cc3ccccc3)CC2c2ccccc2)c1. The molecule has 1 aliphatic rings. The monoisotopic (exact) mass is 370 g/mol. The molecular weight excluding hydrogens is 340 g/mol. The number of aryl methyl sites for hydroxylation is 1. The maximum absolute atomic E-state index is 3.87. The van der Waals surface area contributed by atoms with Crippen molar-refractivity contribution in [2.75, 3.05) is 13.1 Å². The summed E-state index contributed by atoms with van der Waals surface area (Å²) in [6.07, 6.45) is 1.18. The van der Waals surface area contributed by atoms with Gasteiger partial charge >= 0.3 is 0 Å². The highest BCUT2D eigenvalue weighted by molar-refractivity contribution is 5.25. The molecule has 1 aliphatic heterocycles. The zero-order valence-corrected chi connectivity index (χ0v) is 16.7. The molecule has 2 atom stereocenters. The topological polar surface area (TPSA) is 15.3 Å². The smallest absolute Gasteiger partial charge is 0.0234 e. The highest BCUT2D eigenvalue weighted by atomic mass is 15.1. The molecule has 0 radical (unpaired) electrons. The van der Waals surface area contributed by atoms with Crippen molar-refractivity contribution in [1.82, 2.24) is 10.2 Å². The summed E-state index contributed by atoms with van der Waals surface area (Å²) in [7, 11) is 0. The predicted octanol–water partition coefficient (Wildman–Crippen LogP) is 5.14. The van der Waals surface area contributed by atoms with Crippen molar-refractivity contribution in [2.24, 2.45) is 0 Å². The molecule has 0 amide bonds. The van der Waals surface area contributed by atoms with Crippen molar-refractivity contribution in [1.29, 1.82) is 0 Å². The van der Waals surface area contributed by atoms with Crippen LogP contribution in [0.1, 0.15) is 34.6 Å². The van der Waals surface area contributed by atoms with Gasteiger partial charge < -0.3 is 5.32 Å². The summed E-state index contributed by atoms with van der Waals surface area (Å²) in [4.78, 5) is 2.61. The number of nitrogens with zero attached hydrogens (tertiary/aromatic N) is 1. The van der Waals surface area contributed by atoms with E-state index in [1.165, 1.54) is 28.7 Å². The summed E-state index contributed by atoms with van der Waals surface area (Å²) in [5.74, 6) is 0.517. The van der Waals surface area contributed by atoms with Crippen molar-refractivity contribution >= 4 is 0 Å². The van der Waals surface area contributed by atoms with E-state index >= 15 is 0 Å². The van der Waals surface area contributed by atoms with Crippen LogP contribution in [-0.4, -0.2) is 24.0 Å². The van der Waals surface area contributed by atoms with Gasteiger partial charge in [0.1, 0.15) is 0 Å². The lowest BCUT2D eigenvalue weighted by Crippen LogP contribution is -2.47. The zero-order valence-electron chi connectivity index (χ0n) is 16.7. The Kier molecular flexibility index (Phi) is 6.20. The van der Waals surface area contributed by atoms with Crippen molar-refractivity contribution < 1.29 is 0 Å². The van der Waals surface area contributed by atoms with Gasteiger partial charge in [-0.3, -0.25) is 4.90 Å². The standard InChI is InChI=1S/C26H30N2/c1-21-9-8-12-23(17-21)18-27-26-15-16-28(19-22-10-4-2-5-11-22)20-25(26)24-13-6-3-7-14-24/h2-14,17,25-27H,15-16,18-20H2,1H3. The van der Waals surface area contributed by atoms with E-state index in [-0.39, 0.29) is 0 Å². The van der Waals surface area contributed by atoms with E-state index in [0.717, 1.165) is 26.2 Å².